The number of hydrogen-bond acceptors (Lipinski definition) is 3. The molecule has 1 heterocycles. The maximum atomic E-state index is 11.0. The van der Waals surface area contributed by atoms with Gasteiger partial charge in [0, 0.05) is 11.8 Å². The van der Waals surface area contributed by atoms with Crippen LogP contribution in [0.2, 0.25) is 0 Å². The van der Waals surface area contributed by atoms with E-state index in [4.69, 9.17) is 5.11 Å². The number of aliphatic carboxylic acids is 1. The van der Waals surface area contributed by atoms with Crippen LogP contribution in [0.5, 0.6) is 0 Å². The van der Waals surface area contributed by atoms with Crippen LogP contribution in [0.3, 0.4) is 0 Å². The Morgan fingerprint density at radius 2 is 2.05 bits per heavy atom. The molecule has 0 saturated carbocycles. The molecule has 0 aliphatic heterocycles. The number of nitrogens with zero attached hydrogens (tertiary/aromatic N) is 2. The van der Waals surface area contributed by atoms with Gasteiger partial charge < -0.3 is 5.11 Å². The van der Waals surface area contributed by atoms with Gasteiger partial charge in [-0.1, -0.05) is 31.2 Å². The van der Waals surface area contributed by atoms with Crippen LogP contribution >= 0.6 is 0 Å². The van der Waals surface area contributed by atoms with Crippen molar-refractivity contribution in [2.24, 2.45) is 0 Å². The summed E-state index contributed by atoms with van der Waals surface area (Å²) in [5.41, 5.74) is 2.91. The van der Waals surface area contributed by atoms with E-state index >= 15 is 0 Å². The summed E-state index contributed by atoms with van der Waals surface area (Å²) in [5, 5.41) is 12.9. The Morgan fingerprint density at radius 1 is 1.37 bits per heavy atom. The van der Waals surface area contributed by atoms with Gasteiger partial charge in [-0.2, -0.15) is 5.10 Å². The van der Waals surface area contributed by atoms with Crippen LogP contribution in [-0.2, 0) is 17.8 Å². The van der Waals surface area contributed by atoms with Crippen LogP contribution in [0.25, 0.3) is 11.3 Å². The topological polar surface area (TPSA) is 72.2 Å². The first-order chi connectivity index (χ1) is 9.13. The van der Waals surface area contributed by atoms with Gasteiger partial charge >= 0.3 is 5.97 Å². The summed E-state index contributed by atoms with van der Waals surface area (Å²) in [5.74, 6) is -0.993. The van der Waals surface area contributed by atoms with Crippen molar-refractivity contribution in [3.8, 4) is 11.3 Å². The summed E-state index contributed by atoms with van der Waals surface area (Å²) in [6.45, 7) is 1.81. The maximum Gasteiger partial charge on any atom is 0.325 e. The van der Waals surface area contributed by atoms with Crippen molar-refractivity contribution in [1.29, 1.82) is 0 Å². The van der Waals surface area contributed by atoms with Gasteiger partial charge in [-0.25, -0.2) is 0 Å². The van der Waals surface area contributed by atoms with Crippen LogP contribution in [0.1, 0.15) is 22.8 Å². The van der Waals surface area contributed by atoms with Gasteiger partial charge in [0.2, 0.25) is 0 Å². The highest BCUT2D eigenvalue weighted by Gasteiger charge is 2.12. The minimum atomic E-state index is -0.993. The van der Waals surface area contributed by atoms with Crippen molar-refractivity contribution in [1.82, 2.24) is 9.78 Å². The van der Waals surface area contributed by atoms with Crippen molar-refractivity contribution in [3.05, 3.63) is 41.6 Å². The number of aryl methyl sites for hydroxylation is 1. The third-order valence-electron chi connectivity index (χ3n) is 2.85. The molecular formula is C14H14N2O3. The first-order valence-electron chi connectivity index (χ1n) is 5.97. The number of carboxylic acid groups (broad SMARTS) is 1. The molecule has 0 bridgehead atoms. The standard InChI is InChI=1S/C14H14N2O3/c1-2-10-3-5-11(6-4-10)14-12(9-17)7-16(15-14)8-13(18)19/h3-7,9H,2,8H2,1H3,(H,18,19). The van der Waals surface area contributed by atoms with Crippen LogP contribution < -0.4 is 0 Å². The fraction of sp³-hybridized carbons (Fsp3) is 0.214. The smallest absolute Gasteiger partial charge is 0.325 e. The number of aldehydes is 1. The lowest BCUT2D eigenvalue weighted by Crippen LogP contribution is -2.08. The molecule has 0 atom stereocenters. The summed E-state index contributed by atoms with van der Waals surface area (Å²) >= 11 is 0. The molecule has 0 saturated heterocycles. The first-order valence-corrected chi connectivity index (χ1v) is 5.97. The normalized spacial score (nSPS) is 10.4. The van der Waals surface area contributed by atoms with E-state index in [9.17, 15) is 9.59 Å². The number of carboxylic acids is 1. The highest BCUT2D eigenvalue weighted by molar-refractivity contribution is 5.85. The molecule has 1 aromatic carbocycles. The molecule has 0 spiro atoms. The quantitative estimate of drug-likeness (QED) is 0.833. The van der Waals surface area contributed by atoms with Crippen LogP contribution in [-0.4, -0.2) is 27.1 Å². The van der Waals surface area contributed by atoms with Crippen molar-refractivity contribution in [2.75, 3.05) is 0 Å². The summed E-state index contributed by atoms with van der Waals surface area (Å²) in [7, 11) is 0. The number of benzene rings is 1. The molecule has 0 radical (unpaired) electrons. The van der Waals surface area contributed by atoms with E-state index < -0.39 is 5.97 Å². The third-order valence-corrected chi connectivity index (χ3v) is 2.85. The van der Waals surface area contributed by atoms with E-state index in [1.807, 2.05) is 24.3 Å². The summed E-state index contributed by atoms with van der Waals surface area (Å²) in [6, 6.07) is 7.72. The van der Waals surface area contributed by atoms with Crippen molar-refractivity contribution in [3.63, 3.8) is 0 Å². The lowest BCUT2D eigenvalue weighted by molar-refractivity contribution is -0.137. The molecule has 5 heteroatoms. The van der Waals surface area contributed by atoms with Crippen molar-refractivity contribution < 1.29 is 14.7 Å². The summed E-state index contributed by atoms with van der Waals surface area (Å²) in [6.07, 6.45) is 3.08. The monoisotopic (exact) mass is 258 g/mol. The average molecular weight is 258 g/mol. The zero-order chi connectivity index (χ0) is 13.8. The summed E-state index contributed by atoms with van der Waals surface area (Å²) in [4.78, 5) is 21.7. The first kappa shape index (κ1) is 13.0. The van der Waals surface area contributed by atoms with Gasteiger partial charge in [0.15, 0.2) is 6.29 Å². The predicted molar refractivity (Wildman–Crippen MR) is 70.1 cm³/mol. The fourth-order valence-electron chi connectivity index (χ4n) is 1.87. The van der Waals surface area contributed by atoms with E-state index in [1.54, 1.807) is 0 Å². The number of aromatic nitrogens is 2. The predicted octanol–water partition coefficient (Wildman–Crippen LogP) is 2.01. The second-order valence-electron chi connectivity index (χ2n) is 4.19. The van der Waals surface area contributed by atoms with E-state index in [1.165, 1.54) is 16.4 Å². The molecule has 0 fully saturated rings. The van der Waals surface area contributed by atoms with E-state index in [-0.39, 0.29) is 6.54 Å². The van der Waals surface area contributed by atoms with Gasteiger partial charge in [0.1, 0.15) is 12.2 Å². The molecule has 19 heavy (non-hydrogen) atoms. The number of carbonyl (C=O) groups is 2. The van der Waals surface area contributed by atoms with Crippen molar-refractivity contribution in [2.45, 2.75) is 19.9 Å². The van der Waals surface area contributed by atoms with E-state index in [0.29, 0.717) is 17.5 Å². The highest BCUT2D eigenvalue weighted by atomic mass is 16.4. The summed E-state index contributed by atoms with van der Waals surface area (Å²) < 4.78 is 1.26. The average Bonchev–Trinajstić information content (AvgIpc) is 2.81. The van der Waals surface area contributed by atoms with Gasteiger partial charge in [-0.3, -0.25) is 14.3 Å². The minimum absolute atomic E-state index is 0.256. The fourth-order valence-corrected chi connectivity index (χ4v) is 1.87. The highest BCUT2D eigenvalue weighted by Crippen LogP contribution is 2.21. The Bertz CT molecular complexity index is 600. The maximum absolute atomic E-state index is 11.0. The van der Waals surface area contributed by atoms with E-state index in [2.05, 4.69) is 12.0 Å². The Morgan fingerprint density at radius 3 is 2.58 bits per heavy atom. The Balaban J connectivity index is 2.39. The molecule has 2 aromatic rings. The lowest BCUT2D eigenvalue weighted by atomic mass is 10.1. The molecule has 0 aliphatic carbocycles. The largest absolute Gasteiger partial charge is 0.480 e. The molecule has 5 nitrogen and oxygen atoms in total. The van der Waals surface area contributed by atoms with Gasteiger partial charge in [0.25, 0.3) is 0 Å². The second kappa shape index (κ2) is 5.48. The van der Waals surface area contributed by atoms with Gasteiger partial charge in [-0.15, -0.1) is 0 Å². The Labute approximate surface area is 110 Å². The van der Waals surface area contributed by atoms with E-state index in [0.717, 1.165) is 12.0 Å². The van der Waals surface area contributed by atoms with Crippen LogP contribution in [0.4, 0.5) is 0 Å². The second-order valence-corrected chi connectivity index (χ2v) is 4.19. The number of carbonyl (C=O) groups excluding carboxylic acids is 1. The van der Waals surface area contributed by atoms with Crippen molar-refractivity contribution >= 4 is 12.3 Å². The zero-order valence-electron chi connectivity index (χ0n) is 10.5. The van der Waals surface area contributed by atoms with Gasteiger partial charge in [-0.05, 0) is 12.0 Å². The molecule has 0 aliphatic rings. The van der Waals surface area contributed by atoms with Gasteiger partial charge in [0.05, 0.1) is 5.56 Å². The molecule has 98 valence electrons. The molecule has 1 aromatic heterocycles. The molecule has 0 amide bonds. The number of hydrogen-bond donors (Lipinski definition) is 1. The third kappa shape index (κ3) is 2.88. The molecule has 0 unspecified atom stereocenters. The lowest BCUT2D eigenvalue weighted by Gasteiger charge is -2.00. The minimum Gasteiger partial charge on any atom is -0.480 e. The molecule has 2 rings (SSSR count). The Kier molecular flexibility index (Phi) is 3.75. The SMILES string of the molecule is CCc1ccc(-c2nn(CC(=O)O)cc2C=O)cc1. The molecule has 1 N–H and O–H groups in total. The zero-order valence-corrected chi connectivity index (χ0v) is 10.5. The number of rotatable bonds is 5. The Hall–Kier alpha value is -2.43. The molecular weight excluding hydrogens is 244 g/mol. The van der Waals surface area contributed by atoms with Crippen LogP contribution in [0.15, 0.2) is 30.5 Å². The van der Waals surface area contributed by atoms with Crippen LogP contribution in [0, 0.1) is 0 Å².